The molecule has 0 unspecified atom stereocenters. The highest BCUT2D eigenvalue weighted by molar-refractivity contribution is 6.03. The predicted octanol–water partition coefficient (Wildman–Crippen LogP) is 5.70. The maximum atomic E-state index is 2.28. The average Bonchev–Trinajstić information content (AvgIpc) is 2.88. The summed E-state index contributed by atoms with van der Waals surface area (Å²) in [5.41, 5.74) is 5.42. The molecule has 0 heterocycles. The van der Waals surface area contributed by atoms with Crippen LogP contribution in [0.3, 0.4) is 0 Å². The molecule has 96 valence electrons. The summed E-state index contributed by atoms with van der Waals surface area (Å²) >= 11 is 0. The Morgan fingerprint density at radius 3 is 1.35 bits per heavy atom. The van der Waals surface area contributed by atoms with E-state index in [4.69, 9.17) is 0 Å². The number of allylic oxidation sites excluding steroid dienone is 4. The molecule has 0 radical (unpaired) electrons. The molecule has 0 bridgehead atoms. The van der Waals surface area contributed by atoms with Gasteiger partial charge in [0.05, 0.1) is 0 Å². The topological polar surface area (TPSA) is 0 Å². The first-order valence-electron chi connectivity index (χ1n) is 7.20. The van der Waals surface area contributed by atoms with Gasteiger partial charge in [-0.05, 0) is 45.9 Å². The largest absolute Gasteiger partial charge is 0.0801 e. The van der Waals surface area contributed by atoms with E-state index in [1.54, 1.807) is 0 Å². The fraction of sp³-hybridized carbons (Fsp3) is 0.100. The summed E-state index contributed by atoms with van der Waals surface area (Å²) in [6, 6.07) is 8.74. The zero-order valence-corrected chi connectivity index (χ0v) is 11.3. The van der Waals surface area contributed by atoms with E-state index in [0.29, 0.717) is 0 Å². The Hall–Kier alpha value is -2.34. The van der Waals surface area contributed by atoms with Crippen LogP contribution in [0.1, 0.15) is 35.1 Å². The molecule has 20 heavy (non-hydrogen) atoms. The van der Waals surface area contributed by atoms with Crippen molar-refractivity contribution in [3.8, 4) is 0 Å². The third-order valence-electron chi connectivity index (χ3n) is 4.06. The molecule has 2 aromatic rings. The predicted molar refractivity (Wildman–Crippen MR) is 89.3 cm³/mol. The van der Waals surface area contributed by atoms with Gasteiger partial charge in [0.25, 0.3) is 0 Å². The fourth-order valence-electron chi connectivity index (χ4n) is 3.15. The standard InChI is InChI=1S/C20H16/c1-3-9-15-16-10-4-2-6-12-18(16)20-14-8-7-13-19(20)17(15)11-5-1/h3-14H,1-2H2. The first-order valence-corrected chi connectivity index (χ1v) is 7.20. The van der Waals surface area contributed by atoms with E-state index >= 15 is 0 Å². The Balaban J connectivity index is 2.24. The quantitative estimate of drug-likeness (QED) is 0.567. The van der Waals surface area contributed by atoms with Crippen molar-refractivity contribution in [2.45, 2.75) is 12.8 Å². The first-order chi connectivity index (χ1) is 9.95. The van der Waals surface area contributed by atoms with Gasteiger partial charge in [-0.3, -0.25) is 0 Å². The van der Waals surface area contributed by atoms with Gasteiger partial charge < -0.3 is 0 Å². The van der Waals surface area contributed by atoms with E-state index in [-0.39, 0.29) is 0 Å². The highest BCUT2D eigenvalue weighted by Crippen LogP contribution is 2.36. The SMILES string of the molecule is C1=Cc2c3c(c4ccccc4c2C=CC1)C=CCC=C3. The van der Waals surface area contributed by atoms with Gasteiger partial charge in [0.2, 0.25) is 0 Å². The van der Waals surface area contributed by atoms with E-state index in [2.05, 4.69) is 72.9 Å². The minimum Gasteiger partial charge on any atom is -0.0801 e. The third-order valence-corrected chi connectivity index (χ3v) is 4.06. The van der Waals surface area contributed by atoms with Crippen LogP contribution in [0.5, 0.6) is 0 Å². The number of hydrogen-bond acceptors (Lipinski definition) is 0. The molecule has 0 aromatic heterocycles. The maximum absolute atomic E-state index is 2.28. The minimum absolute atomic E-state index is 1.01. The van der Waals surface area contributed by atoms with Crippen molar-refractivity contribution in [2.24, 2.45) is 0 Å². The molecule has 0 spiro atoms. The van der Waals surface area contributed by atoms with Crippen LogP contribution in [-0.2, 0) is 0 Å². The van der Waals surface area contributed by atoms with Crippen molar-refractivity contribution in [2.75, 3.05) is 0 Å². The van der Waals surface area contributed by atoms with E-state index in [1.165, 1.54) is 33.0 Å². The van der Waals surface area contributed by atoms with Gasteiger partial charge in [-0.2, -0.15) is 0 Å². The molecule has 0 heteroatoms. The lowest BCUT2D eigenvalue weighted by molar-refractivity contribution is 1.43. The molecule has 0 saturated carbocycles. The summed E-state index contributed by atoms with van der Waals surface area (Å²) in [5, 5.41) is 2.70. The average molecular weight is 256 g/mol. The van der Waals surface area contributed by atoms with Crippen LogP contribution in [0.2, 0.25) is 0 Å². The van der Waals surface area contributed by atoms with Crippen LogP contribution in [0, 0.1) is 0 Å². The lowest BCUT2D eigenvalue weighted by Gasteiger charge is -2.15. The van der Waals surface area contributed by atoms with Crippen molar-refractivity contribution in [3.63, 3.8) is 0 Å². The molecule has 0 amide bonds. The van der Waals surface area contributed by atoms with Crippen LogP contribution < -0.4 is 0 Å². The second kappa shape index (κ2) is 4.64. The lowest BCUT2D eigenvalue weighted by atomic mass is 9.89. The van der Waals surface area contributed by atoms with Crippen molar-refractivity contribution in [3.05, 3.63) is 70.8 Å². The van der Waals surface area contributed by atoms with Crippen molar-refractivity contribution >= 4 is 35.1 Å². The maximum Gasteiger partial charge on any atom is -0.00991 e. The molecule has 0 atom stereocenters. The first kappa shape index (κ1) is 11.5. The summed E-state index contributed by atoms with van der Waals surface area (Å²) in [7, 11) is 0. The lowest BCUT2D eigenvalue weighted by Crippen LogP contribution is -1.94. The van der Waals surface area contributed by atoms with E-state index in [0.717, 1.165) is 12.8 Å². The fourth-order valence-corrected chi connectivity index (χ4v) is 3.15. The monoisotopic (exact) mass is 256 g/mol. The number of hydrogen-bond donors (Lipinski definition) is 0. The van der Waals surface area contributed by atoms with Crippen LogP contribution in [0.4, 0.5) is 0 Å². The second-order valence-electron chi connectivity index (χ2n) is 5.28. The molecule has 0 aliphatic heterocycles. The van der Waals surface area contributed by atoms with Crippen molar-refractivity contribution < 1.29 is 0 Å². The Bertz CT molecular complexity index is 730. The van der Waals surface area contributed by atoms with Gasteiger partial charge in [-0.15, -0.1) is 0 Å². The van der Waals surface area contributed by atoms with Crippen molar-refractivity contribution in [1.82, 2.24) is 0 Å². The smallest absolute Gasteiger partial charge is 0.00991 e. The normalized spacial score (nSPS) is 15.8. The van der Waals surface area contributed by atoms with Crippen molar-refractivity contribution in [1.29, 1.82) is 0 Å². The molecule has 2 aromatic carbocycles. The molecule has 2 aliphatic carbocycles. The molecule has 0 fully saturated rings. The van der Waals surface area contributed by atoms with Gasteiger partial charge in [-0.1, -0.05) is 72.9 Å². The molecular formula is C20H16. The minimum atomic E-state index is 1.01. The molecule has 0 nitrogen and oxygen atoms in total. The molecule has 2 aliphatic rings. The van der Waals surface area contributed by atoms with E-state index in [9.17, 15) is 0 Å². The summed E-state index contributed by atoms with van der Waals surface area (Å²) < 4.78 is 0. The van der Waals surface area contributed by atoms with E-state index in [1.807, 2.05) is 0 Å². The van der Waals surface area contributed by atoms with Crippen LogP contribution in [0.15, 0.2) is 48.6 Å². The molecule has 4 rings (SSSR count). The van der Waals surface area contributed by atoms with Crippen LogP contribution in [0.25, 0.3) is 35.1 Å². The van der Waals surface area contributed by atoms with E-state index < -0.39 is 0 Å². The summed E-state index contributed by atoms with van der Waals surface area (Å²) in [6.45, 7) is 0. The van der Waals surface area contributed by atoms with Gasteiger partial charge in [-0.25, -0.2) is 0 Å². The second-order valence-corrected chi connectivity index (χ2v) is 5.28. The van der Waals surface area contributed by atoms with Crippen LogP contribution in [-0.4, -0.2) is 0 Å². The highest BCUT2D eigenvalue weighted by Gasteiger charge is 2.14. The Kier molecular flexibility index (Phi) is 2.67. The highest BCUT2D eigenvalue weighted by atomic mass is 14.2. The number of fused-ring (bicyclic) bond motifs is 6. The number of rotatable bonds is 0. The molecule has 0 saturated heterocycles. The number of benzene rings is 2. The van der Waals surface area contributed by atoms with Gasteiger partial charge in [0, 0.05) is 0 Å². The zero-order chi connectivity index (χ0) is 13.4. The summed E-state index contributed by atoms with van der Waals surface area (Å²) in [4.78, 5) is 0. The van der Waals surface area contributed by atoms with Gasteiger partial charge >= 0.3 is 0 Å². The zero-order valence-electron chi connectivity index (χ0n) is 11.3. The van der Waals surface area contributed by atoms with Crippen LogP contribution >= 0.6 is 0 Å². The molecule has 0 N–H and O–H groups in total. The summed E-state index contributed by atoms with van der Waals surface area (Å²) in [6.07, 6.45) is 20.1. The molecular weight excluding hydrogens is 240 g/mol. The summed E-state index contributed by atoms with van der Waals surface area (Å²) in [5.74, 6) is 0. The Morgan fingerprint density at radius 1 is 0.500 bits per heavy atom. The van der Waals surface area contributed by atoms with Gasteiger partial charge in [0.15, 0.2) is 0 Å². The third kappa shape index (κ3) is 1.69. The Labute approximate surface area is 119 Å². The Morgan fingerprint density at radius 2 is 0.900 bits per heavy atom. The van der Waals surface area contributed by atoms with Gasteiger partial charge in [0.1, 0.15) is 0 Å².